The third-order valence-corrected chi connectivity index (χ3v) is 3.79. The zero-order valence-corrected chi connectivity index (χ0v) is 11.4. The van der Waals surface area contributed by atoms with Crippen LogP contribution in [0.25, 0.3) is 0 Å². The average Bonchev–Trinajstić information content (AvgIpc) is 3.15. The van der Waals surface area contributed by atoms with Gasteiger partial charge in [0.05, 0.1) is 7.11 Å². The van der Waals surface area contributed by atoms with Crippen LogP contribution in [0.4, 0.5) is 0 Å². The summed E-state index contributed by atoms with van der Waals surface area (Å²) in [5, 5.41) is 3.28. The van der Waals surface area contributed by atoms with Crippen LogP contribution in [0.3, 0.4) is 0 Å². The molecule has 0 saturated heterocycles. The van der Waals surface area contributed by atoms with Gasteiger partial charge in [0.2, 0.25) is 0 Å². The summed E-state index contributed by atoms with van der Waals surface area (Å²) < 4.78 is 5.88. The monoisotopic (exact) mass is 297 g/mol. The lowest BCUT2D eigenvalue weighted by Gasteiger charge is -2.16. The Labute approximate surface area is 110 Å². The molecule has 1 aromatic rings. The summed E-state index contributed by atoms with van der Waals surface area (Å²) >= 11 is 3.50. The Hall–Kier alpha value is -0.870. The number of methoxy groups -OCH3 is 1. The summed E-state index contributed by atoms with van der Waals surface area (Å²) in [6.45, 7) is 0.678. The average molecular weight is 298 g/mol. The Morgan fingerprint density at radius 1 is 1.53 bits per heavy atom. The van der Waals surface area contributed by atoms with Gasteiger partial charge in [0.1, 0.15) is 6.04 Å². The number of rotatable bonds is 5. The highest BCUT2D eigenvalue weighted by molar-refractivity contribution is 9.10. The number of hydrogen-bond donors (Lipinski definition) is 1. The van der Waals surface area contributed by atoms with Gasteiger partial charge in [-0.25, -0.2) is 0 Å². The van der Waals surface area contributed by atoms with E-state index in [1.807, 2.05) is 24.3 Å². The molecular weight excluding hydrogens is 282 g/mol. The maximum Gasteiger partial charge on any atom is 0.323 e. The molecule has 17 heavy (non-hydrogen) atoms. The molecule has 1 N–H and O–H groups in total. The van der Waals surface area contributed by atoms with Crippen molar-refractivity contribution in [3.8, 4) is 0 Å². The summed E-state index contributed by atoms with van der Waals surface area (Å²) in [6.07, 6.45) is 2.23. The van der Waals surface area contributed by atoms with Crippen LogP contribution in [0.5, 0.6) is 0 Å². The zero-order valence-electron chi connectivity index (χ0n) is 9.78. The third kappa shape index (κ3) is 3.30. The van der Waals surface area contributed by atoms with Crippen LogP contribution < -0.4 is 5.32 Å². The Morgan fingerprint density at radius 2 is 2.24 bits per heavy atom. The highest BCUT2D eigenvalue weighted by atomic mass is 79.9. The second-order valence-corrected chi connectivity index (χ2v) is 5.16. The molecule has 0 bridgehead atoms. The van der Waals surface area contributed by atoms with E-state index in [9.17, 15) is 4.79 Å². The van der Waals surface area contributed by atoms with Gasteiger partial charge in [-0.1, -0.05) is 34.1 Å². The standard InChI is InChI=1S/C13H16BrNO2/c1-17-13(16)12(9-6-7-9)15-8-10-4-2-3-5-11(10)14/h2-5,9,12,15H,6-8H2,1H3. The predicted molar refractivity (Wildman–Crippen MR) is 69.5 cm³/mol. The molecule has 0 heterocycles. The van der Waals surface area contributed by atoms with E-state index in [-0.39, 0.29) is 12.0 Å². The minimum atomic E-state index is -0.160. The molecule has 1 saturated carbocycles. The molecule has 1 aliphatic carbocycles. The van der Waals surface area contributed by atoms with Crippen molar-refractivity contribution in [2.24, 2.45) is 5.92 Å². The Balaban J connectivity index is 1.95. The predicted octanol–water partition coefficient (Wildman–Crippen LogP) is 2.49. The number of esters is 1. The minimum Gasteiger partial charge on any atom is -0.468 e. The highest BCUT2D eigenvalue weighted by Crippen LogP contribution is 2.33. The van der Waals surface area contributed by atoms with Crippen molar-refractivity contribution >= 4 is 21.9 Å². The van der Waals surface area contributed by atoms with Gasteiger partial charge in [-0.2, -0.15) is 0 Å². The maximum atomic E-state index is 11.6. The minimum absolute atomic E-state index is 0.153. The van der Waals surface area contributed by atoms with Crippen LogP contribution in [0.2, 0.25) is 0 Å². The molecule has 0 aliphatic heterocycles. The summed E-state index contributed by atoms with van der Waals surface area (Å²) in [5.74, 6) is 0.296. The van der Waals surface area contributed by atoms with E-state index in [4.69, 9.17) is 4.74 Å². The van der Waals surface area contributed by atoms with Crippen molar-refractivity contribution in [3.63, 3.8) is 0 Å². The van der Waals surface area contributed by atoms with Crippen molar-refractivity contribution in [3.05, 3.63) is 34.3 Å². The van der Waals surface area contributed by atoms with E-state index in [0.717, 1.165) is 22.9 Å². The molecule has 0 aromatic heterocycles. The normalized spacial score (nSPS) is 16.6. The fourth-order valence-electron chi connectivity index (χ4n) is 1.86. The number of hydrogen-bond acceptors (Lipinski definition) is 3. The lowest BCUT2D eigenvalue weighted by molar-refractivity contribution is -0.143. The number of ether oxygens (including phenoxy) is 1. The van der Waals surface area contributed by atoms with E-state index in [0.29, 0.717) is 12.5 Å². The molecule has 0 amide bonds. The molecule has 0 spiro atoms. The molecule has 1 aliphatic rings. The first-order valence-electron chi connectivity index (χ1n) is 5.77. The van der Waals surface area contributed by atoms with Gasteiger partial charge in [0, 0.05) is 11.0 Å². The highest BCUT2D eigenvalue weighted by Gasteiger charge is 2.36. The second-order valence-electron chi connectivity index (χ2n) is 4.31. The number of halogens is 1. The first kappa shape index (κ1) is 12.6. The summed E-state index contributed by atoms with van der Waals surface area (Å²) in [6, 6.07) is 7.85. The van der Waals surface area contributed by atoms with Gasteiger partial charge < -0.3 is 10.1 Å². The molecule has 0 radical (unpaired) electrons. The van der Waals surface area contributed by atoms with Crippen molar-refractivity contribution in [1.29, 1.82) is 0 Å². The lowest BCUT2D eigenvalue weighted by Crippen LogP contribution is -2.39. The number of carbonyl (C=O) groups excluding carboxylic acids is 1. The summed E-state index contributed by atoms with van der Waals surface area (Å²) in [5.41, 5.74) is 1.15. The smallest absolute Gasteiger partial charge is 0.323 e. The van der Waals surface area contributed by atoms with Crippen LogP contribution in [0.1, 0.15) is 18.4 Å². The number of nitrogens with one attached hydrogen (secondary N) is 1. The van der Waals surface area contributed by atoms with Gasteiger partial charge in [-0.05, 0) is 30.4 Å². The number of benzene rings is 1. The number of carbonyl (C=O) groups is 1. The molecular formula is C13H16BrNO2. The van der Waals surface area contributed by atoms with E-state index in [1.54, 1.807) is 0 Å². The van der Waals surface area contributed by atoms with Crippen molar-refractivity contribution < 1.29 is 9.53 Å². The van der Waals surface area contributed by atoms with Gasteiger partial charge in [0.25, 0.3) is 0 Å². The van der Waals surface area contributed by atoms with Crippen molar-refractivity contribution in [2.45, 2.75) is 25.4 Å². The van der Waals surface area contributed by atoms with E-state index < -0.39 is 0 Å². The molecule has 1 aromatic carbocycles. The second kappa shape index (κ2) is 5.65. The maximum absolute atomic E-state index is 11.6. The molecule has 1 atom stereocenters. The Kier molecular flexibility index (Phi) is 4.18. The van der Waals surface area contributed by atoms with E-state index in [1.165, 1.54) is 7.11 Å². The fraction of sp³-hybridized carbons (Fsp3) is 0.462. The van der Waals surface area contributed by atoms with Crippen LogP contribution in [0, 0.1) is 5.92 Å². The molecule has 3 nitrogen and oxygen atoms in total. The fourth-order valence-corrected chi connectivity index (χ4v) is 2.29. The topological polar surface area (TPSA) is 38.3 Å². The van der Waals surface area contributed by atoms with Gasteiger partial charge >= 0.3 is 5.97 Å². The summed E-state index contributed by atoms with van der Waals surface area (Å²) in [7, 11) is 1.44. The van der Waals surface area contributed by atoms with E-state index >= 15 is 0 Å². The van der Waals surface area contributed by atoms with Crippen LogP contribution in [-0.2, 0) is 16.1 Å². The molecule has 1 unspecified atom stereocenters. The zero-order chi connectivity index (χ0) is 12.3. The van der Waals surface area contributed by atoms with Crippen LogP contribution in [-0.4, -0.2) is 19.1 Å². The first-order chi connectivity index (χ1) is 8.22. The first-order valence-corrected chi connectivity index (χ1v) is 6.56. The molecule has 92 valence electrons. The molecule has 1 fully saturated rings. The van der Waals surface area contributed by atoms with E-state index in [2.05, 4.69) is 21.2 Å². The lowest BCUT2D eigenvalue weighted by atomic mass is 10.1. The molecule has 2 rings (SSSR count). The van der Waals surface area contributed by atoms with Gasteiger partial charge in [-0.3, -0.25) is 4.79 Å². The third-order valence-electron chi connectivity index (χ3n) is 3.02. The SMILES string of the molecule is COC(=O)C(NCc1ccccc1Br)C1CC1. The Morgan fingerprint density at radius 3 is 2.82 bits per heavy atom. The van der Waals surface area contributed by atoms with Crippen LogP contribution in [0.15, 0.2) is 28.7 Å². The van der Waals surface area contributed by atoms with Crippen LogP contribution >= 0.6 is 15.9 Å². The summed E-state index contributed by atoms with van der Waals surface area (Å²) in [4.78, 5) is 11.6. The quantitative estimate of drug-likeness (QED) is 0.849. The largest absolute Gasteiger partial charge is 0.468 e. The van der Waals surface area contributed by atoms with Gasteiger partial charge in [-0.15, -0.1) is 0 Å². The Bertz CT molecular complexity index is 404. The molecule has 4 heteroatoms. The van der Waals surface area contributed by atoms with Gasteiger partial charge in [0.15, 0.2) is 0 Å². The van der Waals surface area contributed by atoms with Crippen molar-refractivity contribution in [1.82, 2.24) is 5.32 Å². The van der Waals surface area contributed by atoms with Crippen molar-refractivity contribution in [2.75, 3.05) is 7.11 Å².